The Morgan fingerprint density at radius 1 is 0.694 bits per heavy atom. The molecule has 0 bridgehead atoms. The van der Waals surface area contributed by atoms with Gasteiger partial charge in [0.2, 0.25) is 47.3 Å². The first-order chi connectivity index (χ1) is 46.2. The Kier molecular flexibility index (Phi) is 33.9. The van der Waals surface area contributed by atoms with Gasteiger partial charge in [-0.2, -0.15) is 13.2 Å². The van der Waals surface area contributed by atoms with Crippen LogP contribution in [-0.4, -0.2) is 214 Å². The van der Waals surface area contributed by atoms with Crippen molar-refractivity contribution in [2.75, 3.05) is 74.0 Å². The van der Waals surface area contributed by atoms with E-state index in [1.165, 1.54) is 19.1 Å². The van der Waals surface area contributed by atoms with Crippen molar-refractivity contribution in [2.45, 2.75) is 206 Å². The van der Waals surface area contributed by atoms with Crippen LogP contribution in [0.4, 0.5) is 23.7 Å². The van der Waals surface area contributed by atoms with Crippen molar-refractivity contribution in [2.24, 2.45) is 41.2 Å². The van der Waals surface area contributed by atoms with Crippen molar-refractivity contribution in [3.05, 3.63) is 65.7 Å². The van der Waals surface area contributed by atoms with Crippen molar-refractivity contribution in [3.8, 4) is 0 Å². The number of nitrogens with two attached hydrogens (primary N) is 1. The summed E-state index contributed by atoms with van der Waals surface area (Å²) < 4.78 is 59.0. The largest absolute Gasteiger partial charge is 0.469 e. The zero-order valence-corrected chi connectivity index (χ0v) is 60.1. The maximum Gasteiger partial charge on any atom is 0.404 e. The number of urea groups is 1. The molecule has 550 valence electrons. The number of halogens is 3. The van der Waals surface area contributed by atoms with Crippen molar-refractivity contribution in [3.63, 3.8) is 0 Å². The third kappa shape index (κ3) is 24.8. The molecular formula is C70H111F3N12O13. The minimum absolute atomic E-state index is 0.00987. The lowest BCUT2D eigenvalue weighted by Gasteiger charge is -2.41. The Labute approximate surface area is 576 Å². The summed E-state index contributed by atoms with van der Waals surface area (Å²) in [5.74, 6) is -7.03. The normalized spacial score (nSPS) is 19.0. The van der Waals surface area contributed by atoms with Crippen LogP contribution in [0.5, 0.6) is 0 Å². The second-order valence-corrected chi connectivity index (χ2v) is 27.4. The summed E-state index contributed by atoms with van der Waals surface area (Å²) in [5.41, 5.74) is 6.97. The molecule has 0 spiro atoms. The third-order valence-corrected chi connectivity index (χ3v) is 18.9. The molecule has 25 nitrogen and oxygen atoms in total. The molecule has 0 radical (unpaired) electrons. The highest BCUT2D eigenvalue weighted by molar-refractivity contribution is 5.98. The van der Waals surface area contributed by atoms with E-state index >= 15 is 0 Å². The Hall–Kier alpha value is -7.43. The summed E-state index contributed by atoms with van der Waals surface area (Å²) in [6, 6.07) is 7.22. The predicted octanol–water partition coefficient (Wildman–Crippen LogP) is 5.29. The quantitative estimate of drug-likeness (QED) is 0.0313. The highest BCUT2D eigenvalue weighted by Crippen LogP contribution is 2.36. The fourth-order valence-corrected chi connectivity index (χ4v) is 13.3. The van der Waals surface area contributed by atoms with E-state index in [4.69, 9.17) is 15.2 Å². The van der Waals surface area contributed by atoms with Gasteiger partial charge in [-0.15, -0.1) is 0 Å². The van der Waals surface area contributed by atoms with Gasteiger partial charge in [-0.1, -0.05) is 111 Å². The zero-order valence-electron chi connectivity index (χ0n) is 60.1. The number of methoxy groups -OCH3 is 3. The molecule has 2 heterocycles. The van der Waals surface area contributed by atoms with Crippen molar-refractivity contribution >= 4 is 64.9 Å². The van der Waals surface area contributed by atoms with Crippen molar-refractivity contribution < 1.29 is 75.3 Å². The van der Waals surface area contributed by atoms with E-state index in [0.29, 0.717) is 37.1 Å². The molecule has 4 rings (SSSR count). The lowest BCUT2D eigenvalue weighted by atomic mass is 9.89. The number of carbonyl (C=O) groups is 10. The number of rotatable bonds is 38. The van der Waals surface area contributed by atoms with Crippen LogP contribution < -0.4 is 43.0 Å². The standard InChI is InChI=1S/C70H111F3N12O13/c1-16-44(8)60(83(12)67(93)58(42(4)5)81-66(92)59(43(6)7)82(10)11)53(96-13)39-56(87)85-35-21-26-52(85)61(97-14)45(9)62(88)79-51(37-46-23-18-17-19-24-46)63(89)76-40-47-28-30-49(31-29-47)77-64(90)50(25-20-33-75-69(74)95)78-65(91)57(41(2)3)80-55(86)27-22-34-84-36-32-48(68(94)98-15)38-54(84)70(71,72)73/h17-19,23-24,28-31,41-45,48,50-54,57-61H,16,20-22,25-27,32-40H2,1-15H3,(H,76,89)(H,77,90)(H,78,91)(H,79,88)(H,80,86)(H,81,92)(H3,74,75,95)/t44-,45+,48+,50-,51-,52-,53+,54-,57-,58-,59-,60-,61+/m0/s1. The highest BCUT2D eigenvalue weighted by atomic mass is 19.4. The molecule has 10 amide bonds. The van der Waals surface area contributed by atoms with E-state index in [-0.39, 0.29) is 107 Å². The van der Waals surface area contributed by atoms with Gasteiger partial charge in [-0.25, -0.2) is 4.79 Å². The van der Waals surface area contributed by atoms with Gasteiger partial charge in [0.1, 0.15) is 30.2 Å². The van der Waals surface area contributed by atoms with Crippen LogP contribution in [0.2, 0.25) is 0 Å². The number of carbonyl (C=O) groups excluding carboxylic acids is 10. The molecule has 28 heteroatoms. The van der Waals surface area contributed by atoms with Crippen LogP contribution >= 0.6 is 0 Å². The van der Waals surface area contributed by atoms with E-state index in [0.717, 1.165) is 12.7 Å². The number of nitrogens with one attached hydrogen (secondary N) is 7. The van der Waals surface area contributed by atoms with E-state index in [9.17, 15) is 61.1 Å². The van der Waals surface area contributed by atoms with Gasteiger partial charge in [0.15, 0.2) is 0 Å². The number of hydrogen-bond acceptors (Lipinski definition) is 15. The number of likely N-dealkylation sites (tertiary alicyclic amines) is 2. The molecule has 2 aromatic rings. The van der Waals surface area contributed by atoms with Crippen LogP contribution in [0, 0.1) is 35.5 Å². The Morgan fingerprint density at radius 2 is 1.34 bits per heavy atom. The molecule has 2 aliphatic heterocycles. The number of likely N-dealkylation sites (N-methyl/N-ethyl adjacent to an activating group) is 2. The summed E-state index contributed by atoms with van der Waals surface area (Å²) >= 11 is 0. The Morgan fingerprint density at radius 3 is 1.90 bits per heavy atom. The van der Waals surface area contributed by atoms with E-state index in [2.05, 4.69) is 42.0 Å². The number of amides is 10. The fraction of sp³-hybridized carbons (Fsp3) is 0.686. The van der Waals surface area contributed by atoms with Gasteiger partial charge in [0.05, 0.1) is 55.7 Å². The van der Waals surface area contributed by atoms with Crippen LogP contribution in [0.25, 0.3) is 0 Å². The smallest absolute Gasteiger partial charge is 0.404 e. The second kappa shape index (κ2) is 40.0. The third-order valence-electron chi connectivity index (χ3n) is 18.9. The number of primary amides is 1. The first-order valence-corrected chi connectivity index (χ1v) is 34.3. The SMILES string of the molecule is CC[C@H](C)[C@@H]([C@@H](CC(=O)N1CCC[C@H]1[C@H](OC)[C@@H](C)C(=O)N[C@@H](Cc1ccccc1)C(=O)NCc1ccc(NC(=O)[C@H](CCCNC(N)=O)NC(=O)[C@@H](NC(=O)CCCN2CC[C@@H](C(=O)OC)C[C@H]2C(F)(F)F)C(C)C)cc1)OC)N(C)C(=O)[C@@H](NC(=O)[C@H](C(C)C)N(C)C)C(C)C. The number of ether oxygens (including phenoxy) is 3. The molecule has 98 heavy (non-hydrogen) atoms. The van der Waals surface area contributed by atoms with Crippen LogP contribution in [0.1, 0.15) is 138 Å². The fourth-order valence-electron chi connectivity index (χ4n) is 13.3. The molecule has 9 N–H and O–H groups in total. The summed E-state index contributed by atoms with van der Waals surface area (Å²) in [6.45, 7) is 17.1. The number of alkyl halides is 3. The van der Waals surface area contributed by atoms with E-state index in [1.807, 2.05) is 90.9 Å². The van der Waals surface area contributed by atoms with Crippen LogP contribution in [0.15, 0.2) is 54.6 Å². The second-order valence-electron chi connectivity index (χ2n) is 27.4. The number of hydrogen-bond donors (Lipinski definition) is 8. The molecule has 13 atom stereocenters. The maximum atomic E-state index is 14.6. The molecular weight excluding hydrogens is 1270 g/mol. The first-order valence-electron chi connectivity index (χ1n) is 34.3. The number of anilines is 1. The maximum absolute atomic E-state index is 14.6. The molecule has 0 saturated carbocycles. The first kappa shape index (κ1) is 83.0. The average molecular weight is 1390 g/mol. The van der Waals surface area contributed by atoms with Crippen LogP contribution in [-0.2, 0) is 70.3 Å². The van der Waals surface area contributed by atoms with Crippen molar-refractivity contribution in [1.29, 1.82) is 0 Å². The number of benzene rings is 2. The number of nitrogens with zero attached hydrogens (tertiary/aromatic N) is 4. The zero-order chi connectivity index (χ0) is 73.3. The summed E-state index contributed by atoms with van der Waals surface area (Å²) in [4.78, 5) is 142. The topological polar surface area (TPSA) is 322 Å². The minimum Gasteiger partial charge on any atom is -0.469 e. The summed E-state index contributed by atoms with van der Waals surface area (Å²) in [6.07, 6.45) is -4.51. The molecule has 2 saturated heterocycles. The van der Waals surface area contributed by atoms with E-state index < -0.39 is 132 Å². The molecule has 2 aliphatic rings. The predicted molar refractivity (Wildman–Crippen MR) is 365 cm³/mol. The highest BCUT2D eigenvalue weighted by Gasteiger charge is 2.49. The number of esters is 1. The van der Waals surface area contributed by atoms with Gasteiger partial charge in [0.25, 0.3) is 0 Å². The van der Waals surface area contributed by atoms with Crippen molar-refractivity contribution in [1.82, 2.24) is 51.5 Å². The van der Waals surface area contributed by atoms with Gasteiger partial charge < -0.3 is 67.0 Å². The number of piperidine rings is 1. The molecule has 0 aromatic heterocycles. The molecule has 2 fully saturated rings. The summed E-state index contributed by atoms with van der Waals surface area (Å²) in [5, 5.41) is 19.5. The summed E-state index contributed by atoms with van der Waals surface area (Å²) in [7, 11) is 9.48. The lowest BCUT2D eigenvalue weighted by Crippen LogP contribution is -2.59. The minimum atomic E-state index is -4.62. The Balaban J connectivity index is 1.43. The van der Waals surface area contributed by atoms with Gasteiger partial charge in [0, 0.05) is 59.4 Å². The average Bonchev–Trinajstić information content (AvgIpc) is 1.25. The lowest BCUT2D eigenvalue weighted by molar-refractivity contribution is -0.198. The molecule has 0 aliphatic carbocycles. The van der Waals surface area contributed by atoms with Crippen LogP contribution in [0.3, 0.4) is 0 Å². The molecule has 0 unspecified atom stereocenters. The van der Waals surface area contributed by atoms with Gasteiger partial charge in [-0.05, 0) is 119 Å². The monoisotopic (exact) mass is 1380 g/mol. The Bertz CT molecular complexity index is 2920. The molecule has 2 aromatic carbocycles. The van der Waals surface area contributed by atoms with Gasteiger partial charge in [-0.3, -0.25) is 53.0 Å². The van der Waals surface area contributed by atoms with E-state index in [1.54, 1.807) is 61.9 Å². The van der Waals surface area contributed by atoms with Gasteiger partial charge >= 0.3 is 18.2 Å².